The fraction of sp³-hybridized carbons (Fsp3) is 0.182. The van der Waals surface area contributed by atoms with Crippen LogP contribution in [0.1, 0.15) is 38.6 Å². The molecule has 0 aliphatic carbocycles. The number of carboxylic acids is 1. The zero-order valence-electron chi connectivity index (χ0n) is 8.44. The van der Waals surface area contributed by atoms with Gasteiger partial charge >= 0.3 is 5.97 Å². The van der Waals surface area contributed by atoms with Crippen LogP contribution in [0, 0.1) is 0 Å². The predicted molar refractivity (Wildman–Crippen MR) is 58.1 cm³/mol. The standard InChI is InChI=1S/C11H9ClO4/c1-6(14)10(12)8-3-2-7(5-13)4-9(8)11(15)16/h2-5,10H,1H3,(H,15,16). The normalized spacial score (nSPS) is 11.9. The minimum atomic E-state index is -1.22. The Morgan fingerprint density at radius 1 is 1.44 bits per heavy atom. The summed E-state index contributed by atoms with van der Waals surface area (Å²) >= 11 is 5.78. The van der Waals surface area contributed by atoms with Gasteiger partial charge in [-0.1, -0.05) is 12.1 Å². The van der Waals surface area contributed by atoms with E-state index in [4.69, 9.17) is 16.7 Å². The average Bonchev–Trinajstić information content (AvgIpc) is 2.26. The van der Waals surface area contributed by atoms with Crippen molar-refractivity contribution in [2.45, 2.75) is 12.3 Å². The van der Waals surface area contributed by atoms with Crippen LogP contribution in [0.4, 0.5) is 0 Å². The Bertz CT molecular complexity index is 453. The van der Waals surface area contributed by atoms with Crippen molar-refractivity contribution in [1.82, 2.24) is 0 Å². The fourth-order valence-corrected chi connectivity index (χ4v) is 1.46. The molecule has 1 atom stereocenters. The van der Waals surface area contributed by atoms with Gasteiger partial charge in [0.1, 0.15) is 11.7 Å². The molecule has 5 heteroatoms. The largest absolute Gasteiger partial charge is 0.478 e. The molecule has 0 amide bonds. The number of benzene rings is 1. The van der Waals surface area contributed by atoms with Gasteiger partial charge in [-0.05, 0) is 18.6 Å². The topological polar surface area (TPSA) is 71.4 Å². The van der Waals surface area contributed by atoms with Gasteiger partial charge in [0.05, 0.1) is 5.56 Å². The van der Waals surface area contributed by atoms with Crippen LogP contribution in [0.25, 0.3) is 0 Å². The Morgan fingerprint density at radius 2 is 2.06 bits per heavy atom. The van der Waals surface area contributed by atoms with E-state index in [2.05, 4.69) is 0 Å². The molecular formula is C11H9ClO4. The molecule has 0 saturated carbocycles. The number of carbonyl (C=O) groups is 3. The van der Waals surface area contributed by atoms with Crippen LogP contribution in [0.5, 0.6) is 0 Å². The summed E-state index contributed by atoms with van der Waals surface area (Å²) in [5, 5.41) is 7.92. The summed E-state index contributed by atoms with van der Waals surface area (Å²) in [6, 6.07) is 4.00. The molecule has 0 saturated heterocycles. The first-order chi connectivity index (χ1) is 7.47. The predicted octanol–water partition coefficient (Wildman–Crippen LogP) is 2.07. The number of aldehydes is 1. The van der Waals surface area contributed by atoms with Crippen LogP contribution in [0.3, 0.4) is 0 Å². The molecule has 0 aliphatic rings. The number of aromatic carboxylic acids is 1. The van der Waals surface area contributed by atoms with E-state index in [0.717, 1.165) is 0 Å². The molecule has 1 unspecified atom stereocenters. The summed E-state index contributed by atoms with van der Waals surface area (Å²) in [6.07, 6.45) is 0.535. The van der Waals surface area contributed by atoms with Gasteiger partial charge in [-0.15, -0.1) is 11.6 Å². The van der Waals surface area contributed by atoms with Crippen molar-refractivity contribution in [3.8, 4) is 0 Å². The highest BCUT2D eigenvalue weighted by Gasteiger charge is 2.20. The van der Waals surface area contributed by atoms with Crippen molar-refractivity contribution in [2.75, 3.05) is 0 Å². The van der Waals surface area contributed by atoms with E-state index in [0.29, 0.717) is 6.29 Å². The molecule has 0 radical (unpaired) electrons. The second-order valence-corrected chi connectivity index (χ2v) is 3.68. The number of carboxylic acid groups (broad SMARTS) is 1. The highest BCUT2D eigenvalue weighted by molar-refractivity contribution is 6.31. The molecule has 4 nitrogen and oxygen atoms in total. The van der Waals surface area contributed by atoms with Crippen LogP contribution in [0.15, 0.2) is 18.2 Å². The lowest BCUT2D eigenvalue weighted by Crippen LogP contribution is -2.09. The molecule has 0 bridgehead atoms. The summed E-state index contributed by atoms with van der Waals surface area (Å²) in [4.78, 5) is 32.5. The molecule has 0 spiro atoms. The van der Waals surface area contributed by atoms with Gasteiger partial charge in [-0.2, -0.15) is 0 Å². The fourth-order valence-electron chi connectivity index (χ4n) is 1.27. The highest BCUT2D eigenvalue weighted by Crippen LogP contribution is 2.25. The number of Topliss-reactive ketones (excluding diaryl/α,β-unsaturated/α-hetero) is 1. The Balaban J connectivity index is 3.33. The summed E-state index contributed by atoms with van der Waals surface area (Å²) in [5.41, 5.74) is 0.306. The maximum absolute atomic E-state index is 11.1. The molecule has 1 N–H and O–H groups in total. The Hall–Kier alpha value is -1.68. The van der Waals surface area contributed by atoms with Gasteiger partial charge < -0.3 is 5.11 Å². The van der Waals surface area contributed by atoms with E-state index >= 15 is 0 Å². The van der Waals surface area contributed by atoms with Crippen molar-refractivity contribution in [3.63, 3.8) is 0 Å². The quantitative estimate of drug-likeness (QED) is 0.646. The lowest BCUT2D eigenvalue weighted by Gasteiger charge is -2.09. The van der Waals surface area contributed by atoms with Gasteiger partial charge in [-0.3, -0.25) is 9.59 Å². The van der Waals surface area contributed by atoms with Crippen LogP contribution in [-0.4, -0.2) is 23.1 Å². The second-order valence-electron chi connectivity index (χ2n) is 3.24. The van der Waals surface area contributed by atoms with Gasteiger partial charge in [0.2, 0.25) is 0 Å². The van der Waals surface area contributed by atoms with Crippen LogP contribution >= 0.6 is 11.6 Å². The highest BCUT2D eigenvalue weighted by atomic mass is 35.5. The first-order valence-corrected chi connectivity index (χ1v) is 4.88. The monoisotopic (exact) mass is 240 g/mol. The third kappa shape index (κ3) is 2.46. The van der Waals surface area contributed by atoms with Crippen molar-refractivity contribution in [1.29, 1.82) is 0 Å². The van der Waals surface area contributed by atoms with E-state index in [9.17, 15) is 14.4 Å². The molecule has 0 fully saturated rings. The maximum Gasteiger partial charge on any atom is 0.336 e. The molecule has 1 aromatic carbocycles. The molecule has 0 aliphatic heterocycles. The SMILES string of the molecule is CC(=O)C(Cl)c1ccc(C=O)cc1C(=O)O. The smallest absolute Gasteiger partial charge is 0.336 e. The molecule has 1 aromatic rings. The van der Waals surface area contributed by atoms with E-state index in [1.165, 1.54) is 25.1 Å². The van der Waals surface area contributed by atoms with Crippen LogP contribution in [-0.2, 0) is 4.79 Å². The number of alkyl halides is 1. The third-order valence-electron chi connectivity index (χ3n) is 2.07. The molecule has 1 rings (SSSR count). The number of ketones is 1. The number of hydrogen-bond donors (Lipinski definition) is 1. The molecule has 0 heterocycles. The maximum atomic E-state index is 11.1. The minimum absolute atomic E-state index is 0.125. The van der Waals surface area contributed by atoms with E-state index < -0.39 is 11.3 Å². The number of hydrogen-bond acceptors (Lipinski definition) is 3. The van der Waals surface area contributed by atoms with Crippen molar-refractivity contribution < 1.29 is 19.5 Å². The number of carbonyl (C=O) groups excluding carboxylic acids is 2. The summed E-state index contributed by atoms with van der Waals surface area (Å²) in [5.74, 6) is -1.56. The first kappa shape index (κ1) is 12.4. The Kier molecular flexibility index (Phi) is 3.79. The van der Waals surface area contributed by atoms with Crippen LogP contribution in [0.2, 0.25) is 0 Å². The Labute approximate surface area is 96.8 Å². The van der Waals surface area contributed by atoms with E-state index in [1.54, 1.807) is 0 Å². The lowest BCUT2D eigenvalue weighted by molar-refractivity contribution is -0.116. The molecular weight excluding hydrogens is 232 g/mol. The lowest BCUT2D eigenvalue weighted by atomic mass is 10.00. The zero-order chi connectivity index (χ0) is 12.3. The average molecular weight is 241 g/mol. The van der Waals surface area contributed by atoms with Gasteiger partial charge in [0.25, 0.3) is 0 Å². The van der Waals surface area contributed by atoms with Crippen molar-refractivity contribution in [3.05, 3.63) is 34.9 Å². The molecule has 16 heavy (non-hydrogen) atoms. The first-order valence-electron chi connectivity index (χ1n) is 4.44. The number of rotatable bonds is 4. The second kappa shape index (κ2) is 4.90. The van der Waals surface area contributed by atoms with Crippen LogP contribution < -0.4 is 0 Å². The minimum Gasteiger partial charge on any atom is -0.478 e. The zero-order valence-corrected chi connectivity index (χ0v) is 9.19. The van der Waals surface area contributed by atoms with E-state index in [1.807, 2.05) is 0 Å². The number of halogens is 1. The summed E-state index contributed by atoms with van der Waals surface area (Å²) in [6.45, 7) is 1.27. The van der Waals surface area contributed by atoms with Crippen molar-refractivity contribution >= 4 is 29.6 Å². The van der Waals surface area contributed by atoms with Gasteiger partial charge in [-0.25, -0.2) is 4.79 Å². The molecule has 0 aromatic heterocycles. The molecule has 84 valence electrons. The van der Waals surface area contributed by atoms with E-state index in [-0.39, 0.29) is 22.5 Å². The Morgan fingerprint density at radius 3 is 2.50 bits per heavy atom. The summed E-state index contributed by atoms with van der Waals surface area (Å²) in [7, 11) is 0. The van der Waals surface area contributed by atoms with Gasteiger partial charge in [0, 0.05) is 5.56 Å². The summed E-state index contributed by atoms with van der Waals surface area (Å²) < 4.78 is 0. The van der Waals surface area contributed by atoms with Crippen molar-refractivity contribution in [2.24, 2.45) is 0 Å². The third-order valence-corrected chi connectivity index (χ3v) is 2.62. The van der Waals surface area contributed by atoms with Gasteiger partial charge in [0.15, 0.2) is 5.78 Å².